The Morgan fingerprint density at radius 3 is 2.45 bits per heavy atom. The average Bonchev–Trinajstić information content (AvgIpc) is 2.81. The number of nitrogens with one attached hydrogen (secondary N) is 1. The number of rotatable bonds is 6. The fraction of sp³-hybridized carbons (Fsp3) is 0.208. The minimum atomic E-state index is -0.296. The standard InChI is InChI=1S/C24H22Cl3N5O/c25-19-5-3-17(4-6-19)2-1-9-31-10-12-32(13-11-31)23-21(15-20(26)16-29-23)30-24(33)18-7-8-28-22(27)14-18/h1-8,14-16H,9-13H2,(H,30,33)/b2-1+. The number of aromatic nitrogens is 2. The van der Waals surface area contributed by atoms with Crippen molar-refractivity contribution in [1.82, 2.24) is 14.9 Å². The van der Waals surface area contributed by atoms with Gasteiger partial charge in [-0.05, 0) is 35.9 Å². The lowest BCUT2D eigenvalue weighted by atomic mass is 10.2. The van der Waals surface area contributed by atoms with Crippen LogP contribution in [-0.4, -0.2) is 53.5 Å². The second-order valence-corrected chi connectivity index (χ2v) is 8.85. The number of piperazine rings is 1. The van der Waals surface area contributed by atoms with Gasteiger partial charge >= 0.3 is 0 Å². The van der Waals surface area contributed by atoms with Crippen LogP contribution in [0.25, 0.3) is 6.08 Å². The summed E-state index contributed by atoms with van der Waals surface area (Å²) in [6.45, 7) is 4.18. The SMILES string of the molecule is O=C(Nc1cc(Cl)cnc1N1CCN(C/C=C/c2ccc(Cl)cc2)CC1)c1ccnc(Cl)c1. The van der Waals surface area contributed by atoms with Crippen molar-refractivity contribution < 1.29 is 4.79 Å². The van der Waals surface area contributed by atoms with Gasteiger partial charge in [-0.2, -0.15) is 0 Å². The molecule has 33 heavy (non-hydrogen) atoms. The van der Waals surface area contributed by atoms with Crippen molar-refractivity contribution in [3.63, 3.8) is 0 Å². The van der Waals surface area contributed by atoms with E-state index < -0.39 is 0 Å². The first-order valence-electron chi connectivity index (χ1n) is 10.5. The van der Waals surface area contributed by atoms with Gasteiger partial charge in [0, 0.05) is 55.7 Å². The molecule has 1 aliphatic rings. The van der Waals surface area contributed by atoms with Crippen molar-refractivity contribution in [2.75, 3.05) is 42.9 Å². The summed E-state index contributed by atoms with van der Waals surface area (Å²) in [4.78, 5) is 25.6. The number of pyridine rings is 2. The van der Waals surface area contributed by atoms with Crippen LogP contribution in [0.4, 0.5) is 11.5 Å². The van der Waals surface area contributed by atoms with Crippen LogP contribution in [0.3, 0.4) is 0 Å². The highest BCUT2D eigenvalue weighted by Gasteiger charge is 2.21. The first kappa shape index (κ1) is 23.5. The van der Waals surface area contributed by atoms with Crippen molar-refractivity contribution in [3.05, 3.63) is 87.3 Å². The van der Waals surface area contributed by atoms with Gasteiger partial charge in [-0.25, -0.2) is 9.97 Å². The monoisotopic (exact) mass is 501 g/mol. The highest BCUT2D eigenvalue weighted by atomic mass is 35.5. The van der Waals surface area contributed by atoms with Crippen molar-refractivity contribution in [1.29, 1.82) is 0 Å². The third-order valence-corrected chi connectivity index (χ3v) is 5.95. The van der Waals surface area contributed by atoms with Gasteiger partial charge in [-0.15, -0.1) is 0 Å². The Labute approximate surface area is 207 Å². The van der Waals surface area contributed by atoms with Gasteiger partial charge in [0.15, 0.2) is 5.82 Å². The quantitative estimate of drug-likeness (QED) is 0.449. The van der Waals surface area contributed by atoms with Crippen molar-refractivity contribution >= 4 is 58.3 Å². The molecule has 1 fully saturated rings. The van der Waals surface area contributed by atoms with E-state index >= 15 is 0 Å². The number of hydrogen-bond acceptors (Lipinski definition) is 5. The molecule has 0 atom stereocenters. The average molecular weight is 503 g/mol. The molecule has 0 radical (unpaired) electrons. The zero-order valence-electron chi connectivity index (χ0n) is 17.7. The van der Waals surface area contributed by atoms with E-state index in [4.69, 9.17) is 34.8 Å². The summed E-state index contributed by atoms with van der Waals surface area (Å²) in [5.41, 5.74) is 2.11. The lowest BCUT2D eigenvalue weighted by Crippen LogP contribution is -2.46. The Bertz CT molecular complexity index is 1150. The number of carbonyl (C=O) groups excluding carboxylic acids is 1. The first-order valence-corrected chi connectivity index (χ1v) is 11.6. The molecule has 1 amide bonds. The normalized spacial score (nSPS) is 14.6. The first-order chi connectivity index (χ1) is 16.0. The molecule has 9 heteroatoms. The second-order valence-electron chi connectivity index (χ2n) is 7.59. The van der Waals surface area contributed by atoms with Crippen LogP contribution in [0.5, 0.6) is 0 Å². The summed E-state index contributed by atoms with van der Waals surface area (Å²) >= 11 is 18.0. The van der Waals surface area contributed by atoms with E-state index in [1.807, 2.05) is 24.3 Å². The maximum Gasteiger partial charge on any atom is 0.255 e. The Morgan fingerprint density at radius 1 is 0.970 bits per heavy atom. The Morgan fingerprint density at radius 2 is 1.73 bits per heavy atom. The number of carbonyl (C=O) groups is 1. The molecule has 3 heterocycles. The van der Waals surface area contributed by atoms with Crippen LogP contribution < -0.4 is 10.2 Å². The van der Waals surface area contributed by atoms with E-state index in [2.05, 4.69) is 37.2 Å². The van der Waals surface area contributed by atoms with Crippen LogP contribution >= 0.6 is 34.8 Å². The molecular weight excluding hydrogens is 481 g/mol. The van der Waals surface area contributed by atoms with Gasteiger partial charge in [0.25, 0.3) is 5.91 Å². The largest absolute Gasteiger partial charge is 0.352 e. The van der Waals surface area contributed by atoms with Crippen LogP contribution in [0.2, 0.25) is 15.2 Å². The fourth-order valence-corrected chi connectivity index (χ4v) is 4.03. The van der Waals surface area contributed by atoms with Crippen LogP contribution in [0.1, 0.15) is 15.9 Å². The summed E-state index contributed by atoms with van der Waals surface area (Å²) in [6, 6.07) is 12.6. The summed E-state index contributed by atoms with van der Waals surface area (Å²) in [5, 5.41) is 4.36. The van der Waals surface area contributed by atoms with E-state index in [1.54, 1.807) is 18.3 Å². The Balaban J connectivity index is 1.38. The minimum Gasteiger partial charge on any atom is -0.352 e. The highest BCUT2D eigenvalue weighted by molar-refractivity contribution is 6.31. The Kier molecular flexibility index (Phi) is 7.83. The van der Waals surface area contributed by atoms with E-state index in [0.717, 1.165) is 43.3 Å². The third kappa shape index (κ3) is 6.45. The summed E-state index contributed by atoms with van der Waals surface area (Å²) in [5.74, 6) is 0.403. The lowest BCUT2D eigenvalue weighted by molar-refractivity contribution is 0.102. The van der Waals surface area contributed by atoms with E-state index in [-0.39, 0.29) is 11.1 Å². The zero-order chi connectivity index (χ0) is 23.2. The third-order valence-electron chi connectivity index (χ3n) is 5.29. The molecule has 170 valence electrons. The molecule has 0 spiro atoms. The van der Waals surface area contributed by atoms with Gasteiger partial charge in [-0.3, -0.25) is 9.69 Å². The maximum atomic E-state index is 12.7. The van der Waals surface area contributed by atoms with Gasteiger partial charge < -0.3 is 10.2 Å². The van der Waals surface area contributed by atoms with Crippen LogP contribution in [0.15, 0.2) is 60.9 Å². The van der Waals surface area contributed by atoms with Crippen LogP contribution in [-0.2, 0) is 0 Å². The van der Waals surface area contributed by atoms with Gasteiger partial charge in [0.05, 0.1) is 10.7 Å². The summed E-state index contributed by atoms with van der Waals surface area (Å²) < 4.78 is 0. The number of halogens is 3. The smallest absolute Gasteiger partial charge is 0.255 e. The van der Waals surface area contributed by atoms with Crippen LogP contribution in [0, 0.1) is 0 Å². The highest BCUT2D eigenvalue weighted by Crippen LogP contribution is 2.28. The molecule has 1 aromatic carbocycles. The van der Waals surface area contributed by atoms with Gasteiger partial charge in [-0.1, -0.05) is 59.1 Å². The van der Waals surface area contributed by atoms with Crippen molar-refractivity contribution in [3.8, 4) is 0 Å². The van der Waals surface area contributed by atoms with Gasteiger partial charge in [0.2, 0.25) is 0 Å². The Hall–Kier alpha value is -2.64. The number of nitrogens with zero attached hydrogens (tertiary/aromatic N) is 4. The van der Waals surface area contributed by atoms with Crippen molar-refractivity contribution in [2.45, 2.75) is 0 Å². The van der Waals surface area contributed by atoms with E-state index in [0.29, 0.717) is 22.1 Å². The molecule has 1 aliphatic heterocycles. The predicted molar refractivity (Wildman–Crippen MR) is 136 cm³/mol. The molecular formula is C24H22Cl3N5O. The summed E-state index contributed by atoms with van der Waals surface area (Å²) in [7, 11) is 0. The molecule has 1 N–H and O–H groups in total. The lowest BCUT2D eigenvalue weighted by Gasteiger charge is -2.35. The van der Waals surface area contributed by atoms with E-state index in [1.165, 1.54) is 12.3 Å². The number of benzene rings is 1. The second kappa shape index (κ2) is 11.0. The molecule has 2 aromatic heterocycles. The minimum absolute atomic E-state index is 0.258. The zero-order valence-corrected chi connectivity index (χ0v) is 20.0. The molecule has 1 saturated heterocycles. The molecule has 0 unspecified atom stereocenters. The maximum absolute atomic E-state index is 12.7. The number of amides is 1. The van der Waals surface area contributed by atoms with Gasteiger partial charge in [0.1, 0.15) is 5.15 Å². The summed E-state index contributed by atoms with van der Waals surface area (Å²) in [6.07, 6.45) is 7.35. The number of anilines is 2. The fourth-order valence-electron chi connectivity index (χ4n) is 3.57. The predicted octanol–water partition coefficient (Wildman–Crippen LogP) is 5.52. The molecule has 0 bridgehead atoms. The molecule has 6 nitrogen and oxygen atoms in total. The van der Waals surface area contributed by atoms with Crippen molar-refractivity contribution in [2.24, 2.45) is 0 Å². The van der Waals surface area contributed by atoms with E-state index in [9.17, 15) is 4.79 Å². The molecule has 4 rings (SSSR count). The number of hydrogen-bond donors (Lipinski definition) is 1. The topological polar surface area (TPSA) is 61.4 Å². The molecule has 0 aliphatic carbocycles. The molecule has 0 saturated carbocycles. The molecule has 3 aromatic rings.